The zero-order valence-electron chi connectivity index (χ0n) is 12.6. The average molecular weight is 300 g/mol. The van der Waals surface area contributed by atoms with Gasteiger partial charge in [-0.3, -0.25) is 0 Å². The Morgan fingerprint density at radius 3 is 2.40 bits per heavy atom. The number of rotatable bonds is 7. The maximum atomic E-state index is 12.6. The molecule has 1 heterocycles. The van der Waals surface area contributed by atoms with E-state index in [1.165, 1.54) is 16.6 Å². The van der Waals surface area contributed by atoms with Gasteiger partial charge < -0.3 is 10.6 Å². The van der Waals surface area contributed by atoms with Gasteiger partial charge in [-0.25, -0.2) is 13.4 Å². The van der Waals surface area contributed by atoms with Gasteiger partial charge in [-0.05, 0) is 32.6 Å². The summed E-state index contributed by atoms with van der Waals surface area (Å²) in [6.07, 6.45) is 1.51. The maximum Gasteiger partial charge on any atom is 0.260 e. The van der Waals surface area contributed by atoms with Crippen molar-refractivity contribution >= 4 is 10.0 Å². The third kappa shape index (κ3) is 3.99. The topological polar surface area (TPSA) is 79.5 Å². The lowest BCUT2D eigenvalue weighted by molar-refractivity contribution is 0.271. The van der Waals surface area contributed by atoms with Gasteiger partial charge in [0.05, 0.1) is 0 Å². The van der Waals surface area contributed by atoms with Crippen LogP contribution >= 0.6 is 0 Å². The molecule has 0 fully saturated rings. The molecule has 0 radical (unpaired) electrons. The second-order valence-corrected chi connectivity index (χ2v) is 6.87. The number of hydrogen-bond donors (Lipinski definition) is 1. The number of likely N-dealkylation sites (N-methyl/N-ethyl adjacent to an activating group) is 2. The minimum Gasteiger partial charge on any atom is -0.326 e. The lowest BCUT2D eigenvalue weighted by Gasteiger charge is -2.28. The van der Waals surface area contributed by atoms with E-state index in [4.69, 9.17) is 5.73 Å². The first kappa shape index (κ1) is 17.0. The van der Waals surface area contributed by atoms with E-state index >= 15 is 0 Å². The number of hydrogen-bond acceptors (Lipinski definition) is 5. The van der Waals surface area contributed by atoms with Crippen LogP contribution in [0.5, 0.6) is 0 Å². The molecule has 1 unspecified atom stereocenters. The number of sulfonamides is 1. The van der Waals surface area contributed by atoms with Gasteiger partial charge in [0.25, 0.3) is 10.0 Å². The molecule has 0 amide bonds. The Balaban J connectivity index is 3.04. The van der Waals surface area contributed by atoms with Gasteiger partial charge in [-0.15, -0.1) is 0 Å². The summed E-state index contributed by atoms with van der Waals surface area (Å²) in [7, 11) is 0.278. The minimum absolute atomic E-state index is 0.0714. The van der Waals surface area contributed by atoms with Crippen molar-refractivity contribution in [1.82, 2.24) is 14.2 Å². The Morgan fingerprint density at radius 1 is 1.35 bits per heavy atom. The fourth-order valence-corrected chi connectivity index (χ4v) is 3.69. The molecular weight excluding hydrogens is 276 g/mol. The highest BCUT2D eigenvalue weighted by Crippen LogP contribution is 2.16. The Kier molecular flexibility index (Phi) is 6.07. The van der Waals surface area contributed by atoms with Crippen LogP contribution in [0.1, 0.15) is 19.4 Å². The highest BCUT2D eigenvalue weighted by Gasteiger charge is 2.28. The summed E-state index contributed by atoms with van der Waals surface area (Å²) in [6, 6.07) is 3.10. The highest BCUT2D eigenvalue weighted by molar-refractivity contribution is 7.89. The van der Waals surface area contributed by atoms with Gasteiger partial charge in [0.1, 0.15) is 0 Å². The lowest BCUT2D eigenvalue weighted by atomic mass is 10.3. The second-order valence-electron chi connectivity index (χ2n) is 5.03. The third-order valence-corrected chi connectivity index (χ3v) is 5.04. The minimum atomic E-state index is -3.57. The van der Waals surface area contributed by atoms with Crippen molar-refractivity contribution in [2.75, 3.05) is 27.2 Å². The van der Waals surface area contributed by atoms with Gasteiger partial charge in [0.15, 0.2) is 5.03 Å². The zero-order chi connectivity index (χ0) is 15.3. The van der Waals surface area contributed by atoms with Crippen LogP contribution < -0.4 is 5.73 Å². The van der Waals surface area contributed by atoms with Crippen LogP contribution in [0.3, 0.4) is 0 Å². The summed E-state index contributed by atoms with van der Waals surface area (Å²) in [6.45, 7) is 5.15. The molecule has 1 aromatic heterocycles. The van der Waals surface area contributed by atoms with Crippen molar-refractivity contribution in [3.8, 4) is 0 Å². The SMILES string of the molecule is CCN(C(C)CN(C)C)S(=O)(=O)c1ccc(CN)cn1. The molecule has 0 aromatic carbocycles. The predicted molar refractivity (Wildman–Crippen MR) is 79.7 cm³/mol. The van der Waals surface area contributed by atoms with Crippen LogP contribution in [0, 0.1) is 0 Å². The Labute approximate surface area is 121 Å². The van der Waals surface area contributed by atoms with Crippen molar-refractivity contribution in [3.63, 3.8) is 0 Å². The van der Waals surface area contributed by atoms with E-state index in [0.29, 0.717) is 19.6 Å². The van der Waals surface area contributed by atoms with Crippen molar-refractivity contribution < 1.29 is 8.42 Å². The van der Waals surface area contributed by atoms with Gasteiger partial charge in [-0.2, -0.15) is 4.31 Å². The molecule has 0 saturated carbocycles. The summed E-state index contributed by atoms with van der Waals surface area (Å²) in [5, 5.41) is 0.0714. The monoisotopic (exact) mass is 300 g/mol. The molecule has 114 valence electrons. The normalized spacial score (nSPS) is 13.9. The molecule has 0 saturated heterocycles. The van der Waals surface area contributed by atoms with E-state index in [1.54, 1.807) is 6.07 Å². The summed E-state index contributed by atoms with van der Waals surface area (Å²) in [5.41, 5.74) is 6.31. The molecule has 20 heavy (non-hydrogen) atoms. The van der Waals surface area contributed by atoms with E-state index in [0.717, 1.165) is 5.56 Å². The van der Waals surface area contributed by atoms with Gasteiger partial charge in [0, 0.05) is 31.9 Å². The molecule has 0 aliphatic carbocycles. The van der Waals surface area contributed by atoms with Crippen LogP contribution in [0.4, 0.5) is 0 Å². The molecule has 1 rings (SSSR count). The molecule has 7 heteroatoms. The van der Waals surface area contributed by atoms with E-state index in [9.17, 15) is 8.42 Å². The molecule has 0 spiro atoms. The standard InChI is InChI=1S/C13H24N4O2S/c1-5-17(11(2)10-16(3)4)20(18,19)13-7-6-12(8-14)9-15-13/h6-7,9,11H,5,8,10,14H2,1-4H3. The van der Waals surface area contributed by atoms with E-state index in [-0.39, 0.29) is 11.1 Å². The first-order valence-electron chi connectivity index (χ1n) is 6.64. The summed E-state index contributed by atoms with van der Waals surface area (Å²) >= 11 is 0. The van der Waals surface area contributed by atoms with Crippen LogP contribution in [0.15, 0.2) is 23.4 Å². The number of nitrogens with two attached hydrogens (primary N) is 1. The van der Waals surface area contributed by atoms with Crippen LogP contribution in [0.2, 0.25) is 0 Å². The number of pyridine rings is 1. The smallest absolute Gasteiger partial charge is 0.260 e. The predicted octanol–water partition coefficient (Wildman–Crippen LogP) is 0.501. The summed E-state index contributed by atoms with van der Waals surface area (Å²) in [5.74, 6) is 0. The number of nitrogens with zero attached hydrogens (tertiary/aromatic N) is 3. The fraction of sp³-hybridized carbons (Fsp3) is 0.615. The van der Waals surface area contributed by atoms with E-state index in [1.807, 2.05) is 32.8 Å². The van der Waals surface area contributed by atoms with Crippen LogP contribution in [-0.2, 0) is 16.6 Å². The number of aromatic nitrogens is 1. The zero-order valence-corrected chi connectivity index (χ0v) is 13.4. The first-order chi connectivity index (χ1) is 9.32. The Morgan fingerprint density at radius 2 is 2.00 bits per heavy atom. The maximum absolute atomic E-state index is 12.6. The largest absolute Gasteiger partial charge is 0.326 e. The first-order valence-corrected chi connectivity index (χ1v) is 8.08. The molecule has 0 bridgehead atoms. The lowest BCUT2D eigenvalue weighted by Crippen LogP contribution is -2.43. The molecule has 0 aliphatic rings. The second kappa shape index (κ2) is 7.12. The summed E-state index contributed by atoms with van der Waals surface area (Å²) in [4.78, 5) is 5.99. The Bertz CT molecular complexity index is 514. The van der Waals surface area contributed by atoms with Crippen molar-refractivity contribution in [2.45, 2.75) is 31.5 Å². The molecule has 6 nitrogen and oxygen atoms in total. The van der Waals surface area contributed by atoms with E-state index in [2.05, 4.69) is 4.98 Å². The van der Waals surface area contributed by atoms with Crippen molar-refractivity contribution in [1.29, 1.82) is 0 Å². The molecule has 0 aliphatic heterocycles. The third-order valence-electron chi connectivity index (χ3n) is 3.04. The molecule has 1 atom stereocenters. The van der Waals surface area contributed by atoms with E-state index < -0.39 is 10.0 Å². The molecule has 2 N–H and O–H groups in total. The molecular formula is C13H24N4O2S. The van der Waals surface area contributed by atoms with Crippen LogP contribution in [0.25, 0.3) is 0 Å². The Hall–Kier alpha value is -1.02. The van der Waals surface area contributed by atoms with Gasteiger partial charge in [-0.1, -0.05) is 13.0 Å². The average Bonchev–Trinajstić information content (AvgIpc) is 2.38. The molecule has 1 aromatic rings. The van der Waals surface area contributed by atoms with Crippen molar-refractivity contribution in [3.05, 3.63) is 23.9 Å². The van der Waals surface area contributed by atoms with Crippen LogP contribution in [-0.4, -0.2) is 55.8 Å². The van der Waals surface area contributed by atoms with Crippen molar-refractivity contribution in [2.24, 2.45) is 5.73 Å². The highest BCUT2D eigenvalue weighted by atomic mass is 32.2. The fourth-order valence-electron chi connectivity index (χ4n) is 2.14. The van der Waals surface area contributed by atoms with Gasteiger partial charge >= 0.3 is 0 Å². The quantitative estimate of drug-likeness (QED) is 0.793. The van der Waals surface area contributed by atoms with Gasteiger partial charge in [0.2, 0.25) is 0 Å². The summed E-state index contributed by atoms with van der Waals surface area (Å²) < 4.78 is 26.7.